The summed E-state index contributed by atoms with van der Waals surface area (Å²) in [5, 5.41) is 9.55. The lowest BCUT2D eigenvalue weighted by Gasteiger charge is -2.08. The highest BCUT2D eigenvalue weighted by molar-refractivity contribution is 5.91. The van der Waals surface area contributed by atoms with Crippen LogP contribution in [-0.4, -0.2) is 16.6 Å². The molecular formula is C20H19N3O. The number of benzene rings is 2. The van der Waals surface area contributed by atoms with Gasteiger partial charge >= 0.3 is 0 Å². The summed E-state index contributed by atoms with van der Waals surface area (Å²) in [6.45, 7) is 2.80. The van der Waals surface area contributed by atoms with Gasteiger partial charge in [-0.25, -0.2) is 4.98 Å². The van der Waals surface area contributed by atoms with Crippen LogP contribution in [0, 0.1) is 11.3 Å². The van der Waals surface area contributed by atoms with Crippen LogP contribution in [0.3, 0.4) is 0 Å². The molecule has 0 saturated carbocycles. The standard InChI is InChI=1S/C20H19N3O/c1-2-3-12-24-19-11-7-4-8-15(19)13-16(14-21)20-22-17-9-5-6-10-18(17)23-20/h4-11,13H,2-3,12H2,1H3,(H,22,23). The van der Waals surface area contributed by atoms with Crippen LogP contribution in [0.15, 0.2) is 48.5 Å². The van der Waals surface area contributed by atoms with Crippen LogP contribution in [0.25, 0.3) is 22.7 Å². The van der Waals surface area contributed by atoms with Crippen LogP contribution in [0.4, 0.5) is 0 Å². The molecule has 4 heteroatoms. The van der Waals surface area contributed by atoms with Gasteiger partial charge in [-0.15, -0.1) is 0 Å². The lowest BCUT2D eigenvalue weighted by Crippen LogP contribution is -1.98. The van der Waals surface area contributed by atoms with Gasteiger partial charge in [0.15, 0.2) is 0 Å². The third kappa shape index (κ3) is 3.47. The summed E-state index contributed by atoms with van der Waals surface area (Å²) in [6, 6.07) is 17.7. The molecule has 4 nitrogen and oxygen atoms in total. The van der Waals surface area contributed by atoms with E-state index in [0.29, 0.717) is 18.0 Å². The van der Waals surface area contributed by atoms with Crippen LogP contribution in [-0.2, 0) is 0 Å². The Balaban J connectivity index is 1.95. The van der Waals surface area contributed by atoms with Crippen LogP contribution in [0.2, 0.25) is 0 Å². The highest BCUT2D eigenvalue weighted by atomic mass is 16.5. The molecule has 0 aliphatic heterocycles. The molecule has 0 atom stereocenters. The summed E-state index contributed by atoms with van der Waals surface area (Å²) < 4.78 is 5.83. The Morgan fingerprint density at radius 3 is 2.79 bits per heavy atom. The molecule has 0 radical (unpaired) electrons. The molecule has 0 saturated heterocycles. The number of nitriles is 1. The number of nitrogens with one attached hydrogen (secondary N) is 1. The number of hydrogen-bond donors (Lipinski definition) is 1. The number of nitrogens with zero attached hydrogens (tertiary/aromatic N) is 2. The normalized spacial score (nSPS) is 11.4. The average Bonchev–Trinajstić information content (AvgIpc) is 3.05. The van der Waals surface area contributed by atoms with Crippen molar-refractivity contribution in [2.75, 3.05) is 6.61 Å². The summed E-state index contributed by atoms with van der Waals surface area (Å²) >= 11 is 0. The van der Waals surface area contributed by atoms with Crippen molar-refractivity contribution in [3.63, 3.8) is 0 Å². The summed E-state index contributed by atoms with van der Waals surface area (Å²) in [5.74, 6) is 1.36. The lowest BCUT2D eigenvalue weighted by molar-refractivity contribution is 0.309. The van der Waals surface area contributed by atoms with E-state index in [9.17, 15) is 5.26 Å². The zero-order chi connectivity index (χ0) is 16.8. The average molecular weight is 317 g/mol. The first-order chi connectivity index (χ1) is 11.8. The Morgan fingerprint density at radius 1 is 1.21 bits per heavy atom. The van der Waals surface area contributed by atoms with Crippen molar-refractivity contribution in [1.29, 1.82) is 5.26 Å². The number of aromatic amines is 1. The largest absolute Gasteiger partial charge is 0.493 e. The number of hydrogen-bond acceptors (Lipinski definition) is 3. The number of H-pyrrole nitrogens is 1. The molecule has 120 valence electrons. The quantitative estimate of drug-likeness (QED) is 0.524. The first-order valence-electron chi connectivity index (χ1n) is 8.10. The van der Waals surface area contributed by atoms with Crippen LogP contribution >= 0.6 is 0 Å². The molecule has 3 rings (SSSR count). The van der Waals surface area contributed by atoms with Crippen molar-refractivity contribution in [2.24, 2.45) is 0 Å². The molecule has 0 aliphatic rings. The molecule has 0 unspecified atom stereocenters. The van der Waals surface area contributed by atoms with Crippen LogP contribution < -0.4 is 4.74 Å². The van der Waals surface area contributed by atoms with E-state index < -0.39 is 0 Å². The topological polar surface area (TPSA) is 61.7 Å². The Hall–Kier alpha value is -3.06. The van der Waals surface area contributed by atoms with E-state index >= 15 is 0 Å². The van der Waals surface area contributed by atoms with Gasteiger partial charge in [0.25, 0.3) is 0 Å². The predicted octanol–water partition coefficient (Wildman–Crippen LogP) is 4.81. The minimum absolute atomic E-state index is 0.484. The van der Waals surface area contributed by atoms with Gasteiger partial charge in [0.1, 0.15) is 17.6 Å². The fourth-order valence-corrected chi connectivity index (χ4v) is 2.45. The van der Waals surface area contributed by atoms with Crippen molar-refractivity contribution in [3.05, 3.63) is 59.9 Å². The zero-order valence-corrected chi connectivity index (χ0v) is 13.6. The van der Waals surface area contributed by atoms with Crippen LogP contribution in [0.1, 0.15) is 31.2 Å². The maximum atomic E-state index is 9.55. The van der Waals surface area contributed by atoms with E-state index in [1.165, 1.54) is 0 Å². The minimum atomic E-state index is 0.484. The van der Waals surface area contributed by atoms with Gasteiger partial charge in [0, 0.05) is 5.56 Å². The van der Waals surface area contributed by atoms with E-state index in [1.807, 2.05) is 54.6 Å². The number of rotatable bonds is 6. The number of fused-ring (bicyclic) bond motifs is 1. The maximum absolute atomic E-state index is 9.55. The van der Waals surface area contributed by atoms with Crippen molar-refractivity contribution in [1.82, 2.24) is 9.97 Å². The van der Waals surface area contributed by atoms with E-state index in [-0.39, 0.29) is 0 Å². The van der Waals surface area contributed by atoms with Gasteiger partial charge in [-0.3, -0.25) is 0 Å². The molecule has 1 aromatic heterocycles. The molecular weight excluding hydrogens is 298 g/mol. The van der Waals surface area contributed by atoms with E-state index in [2.05, 4.69) is 23.0 Å². The van der Waals surface area contributed by atoms with Gasteiger partial charge in [0.2, 0.25) is 0 Å². The minimum Gasteiger partial charge on any atom is -0.493 e. The third-order valence-electron chi connectivity index (χ3n) is 3.74. The molecule has 1 heterocycles. The van der Waals surface area contributed by atoms with Gasteiger partial charge < -0.3 is 9.72 Å². The van der Waals surface area contributed by atoms with Gasteiger partial charge in [-0.1, -0.05) is 43.7 Å². The number of ether oxygens (including phenoxy) is 1. The van der Waals surface area contributed by atoms with Crippen LogP contribution in [0.5, 0.6) is 5.75 Å². The molecule has 0 fully saturated rings. The second-order valence-electron chi connectivity index (χ2n) is 5.51. The first kappa shape index (κ1) is 15.8. The summed E-state index contributed by atoms with van der Waals surface area (Å²) in [5.41, 5.74) is 3.13. The number of para-hydroxylation sites is 3. The number of aromatic nitrogens is 2. The monoisotopic (exact) mass is 317 g/mol. The third-order valence-corrected chi connectivity index (χ3v) is 3.74. The fraction of sp³-hybridized carbons (Fsp3) is 0.200. The predicted molar refractivity (Wildman–Crippen MR) is 96.4 cm³/mol. The van der Waals surface area contributed by atoms with E-state index in [1.54, 1.807) is 0 Å². The number of unbranched alkanes of at least 4 members (excludes halogenated alkanes) is 1. The van der Waals surface area contributed by atoms with Crippen molar-refractivity contribution in [2.45, 2.75) is 19.8 Å². The van der Waals surface area contributed by atoms with Crippen molar-refractivity contribution >= 4 is 22.7 Å². The van der Waals surface area contributed by atoms with Gasteiger partial charge in [0.05, 0.1) is 23.2 Å². The lowest BCUT2D eigenvalue weighted by atomic mass is 10.1. The molecule has 1 N–H and O–H groups in total. The summed E-state index contributed by atoms with van der Waals surface area (Å²) in [6.07, 6.45) is 3.91. The summed E-state index contributed by atoms with van der Waals surface area (Å²) in [4.78, 5) is 7.69. The van der Waals surface area contributed by atoms with Crippen molar-refractivity contribution < 1.29 is 4.74 Å². The molecule has 0 amide bonds. The van der Waals surface area contributed by atoms with Gasteiger partial charge in [-0.2, -0.15) is 5.26 Å². The molecule has 0 spiro atoms. The van der Waals surface area contributed by atoms with E-state index in [4.69, 9.17) is 4.74 Å². The fourth-order valence-electron chi connectivity index (χ4n) is 2.45. The SMILES string of the molecule is CCCCOc1ccccc1C=C(C#N)c1nc2ccccc2[nH]1. The Morgan fingerprint density at radius 2 is 2.00 bits per heavy atom. The Bertz CT molecular complexity index is 869. The molecule has 0 aliphatic carbocycles. The summed E-state index contributed by atoms with van der Waals surface area (Å²) in [7, 11) is 0. The second-order valence-corrected chi connectivity index (χ2v) is 5.51. The smallest absolute Gasteiger partial charge is 0.149 e. The Kier molecular flexibility index (Phi) is 4.93. The number of imidazole rings is 1. The molecule has 0 bridgehead atoms. The van der Waals surface area contributed by atoms with Crippen molar-refractivity contribution in [3.8, 4) is 11.8 Å². The second kappa shape index (κ2) is 7.47. The number of allylic oxidation sites excluding steroid dienone is 1. The molecule has 24 heavy (non-hydrogen) atoms. The van der Waals surface area contributed by atoms with E-state index in [0.717, 1.165) is 35.2 Å². The Labute approximate surface area is 141 Å². The first-order valence-corrected chi connectivity index (χ1v) is 8.10. The zero-order valence-electron chi connectivity index (χ0n) is 13.6. The molecule has 3 aromatic rings. The highest BCUT2D eigenvalue weighted by Crippen LogP contribution is 2.25. The van der Waals surface area contributed by atoms with Gasteiger partial charge in [-0.05, 0) is 30.7 Å². The maximum Gasteiger partial charge on any atom is 0.149 e. The molecule has 2 aromatic carbocycles. The highest BCUT2D eigenvalue weighted by Gasteiger charge is 2.09.